The summed E-state index contributed by atoms with van der Waals surface area (Å²) < 4.78 is 5.51. The summed E-state index contributed by atoms with van der Waals surface area (Å²) in [5, 5.41) is 9.61. The third-order valence-corrected chi connectivity index (χ3v) is 3.90. The van der Waals surface area contributed by atoms with Gasteiger partial charge in [0.1, 0.15) is 18.0 Å². The van der Waals surface area contributed by atoms with E-state index in [2.05, 4.69) is 0 Å². The first-order valence-electron chi connectivity index (χ1n) is 7.15. The van der Waals surface area contributed by atoms with Crippen molar-refractivity contribution in [1.82, 2.24) is 4.90 Å². The summed E-state index contributed by atoms with van der Waals surface area (Å²) in [6.07, 6.45) is 1.39. The topological polar surface area (TPSA) is 70.1 Å². The van der Waals surface area contributed by atoms with E-state index in [1.807, 2.05) is 0 Å². The number of carbonyl (C=O) groups is 2. The molecule has 1 fully saturated rings. The second kappa shape index (κ2) is 5.27. The van der Waals surface area contributed by atoms with E-state index in [0.29, 0.717) is 11.4 Å². The van der Waals surface area contributed by atoms with Crippen molar-refractivity contribution >= 4 is 17.5 Å². The van der Waals surface area contributed by atoms with Gasteiger partial charge in [-0.25, -0.2) is 0 Å². The van der Waals surface area contributed by atoms with Gasteiger partial charge < -0.3 is 14.7 Å². The summed E-state index contributed by atoms with van der Waals surface area (Å²) in [5.41, 5.74) is 0.450. The van der Waals surface area contributed by atoms with E-state index in [1.165, 1.54) is 17.0 Å². The standard InChI is InChI=1S/C15H18N2O4/c1-10-15(20)17(9-14(19)16-6-2-3-7-16)12-8-11(18)4-5-13(12)21-10/h4-5,8,10,18H,2-3,6-7,9H2,1H3. The number of hydrogen-bond donors (Lipinski definition) is 1. The Hall–Kier alpha value is -2.24. The second-order valence-corrected chi connectivity index (χ2v) is 5.42. The lowest BCUT2D eigenvalue weighted by Crippen LogP contribution is -2.49. The van der Waals surface area contributed by atoms with Crippen LogP contribution in [0, 0.1) is 0 Å². The molecule has 0 aliphatic carbocycles. The molecular formula is C15H18N2O4. The maximum atomic E-state index is 12.3. The largest absolute Gasteiger partial charge is 0.508 e. The van der Waals surface area contributed by atoms with E-state index >= 15 is 0 Å². The number of phenols is 1. The molecule has 0 saturated carbocycles. The van der Waals surface area contributed by atoms with Gasteiger partial charge in [0, 0.05) is 19.2 Å². The van der Waals surface area contributed by atoms with Gasteiger partial charge in [-0.2, -0.15) is 0 Å². The average Bonchev–Trinajstić information content (AvgIpc) is 2.99. The Kier molecular flexibility index (Phi) is 3.45. The average molecular weight is 290 g/mol. The molecule has 2 aliphatic heterocycles. The maximum absolute atomic E-state index is 12.3. The fourth-order valence-electron chi connectivity index (χ4n) is 2.76. The zero-order chi connectivity index (χ0) is 15.0. The van der Waals surface area contributed by atoms with E-state index in [-0.39, 0.29) is 24.1 Å². The SMILES string of the molecule is CC1Oc2ccc(O)cc2N(CC(=O)N2CCCC2)C1=O. The lowest BCUT2D eigenvalue weighted by Gasteiger charge is -2.33. The molecular weight excluding hydrogens is 272 g/mol. The Morgan fingerprint density at radius 3 is 2.81 bits per heavy atom. The molecule has 1 aromatic carbocycles. The van der Waals surface area contributed by atoms with Gasteiger partial charge in [-0.15, -0.1) is 0 Å². The van der Waals surface area contributed by atoms with Gasteiger partial charge in [-0.1, -0.05) is 0 Å². The highest BCUT2D eigenvalue weighted by Crippen LogP contribution is 2.36. The van der Waals surface area contributed by atoms with Crippen LogP contribution in [0.15, 0.2) is 18.2 Å². The van der Waals surface area contributed by atoms with Crippen molar-refractivity contribution in [2.24, 2.45) is 0 Å². The van der Waals surface area contributed by atoms with Crippen molar-refractivity contribution in [3.8, 4) is 11.5 Å². The predicted molar refractivity (Wildman–Crippen MR) is 76.4 cm³/mol. The van der Waals surface area contributed by atoms with Crippen molar-refractivity contribution in [1.29, 1.82) is 0 Å². The zero-order valence-corrected chi connectivity index (χ0v) is 11.9. The van der Waals surface area contributed by atoms with Crippen LogP contribution in [0.1, 0.15) is 19.8 Å². The molecule has 0 bridgehead atoms. The van der Waals surface area contributed by atoms with Crippen LogP contribution in [0.3, 0.4) is 0 Å². The molecule has 2 aliphatic rings. The molecule has 1 N–H and O–H groups in total. The highest BCUT2D eigenvalue weighted by Gasteiger charge is 2.34. The Bertz CT molecular complexity index is 581. The summed E-state index contributed by atoms with van der Waals surface area (Å²) in [6.45, 7) is 3.15. The molecule has 21 heavy (non-hydrogen) atoms. The number of benzene rings is 1. The monoisotopic (exact) mass is 290 g/mol. The first-order chi connectivity index (χ1) is 10.1. The van der Waals surface area contributed by atoms with Gasteiger partial charge >= 0.3 is 0 Å². The number of hydrogen-bond acceptors (Lipinski definition) is 4. The van der Waals surface area contributed by atoms with Crippen LogP contribution in [0.25, 0.3) is 0 Å². The summed E-state index contributed by atoms with van der Waals surface area (Å²) in [7, 11) is 0. The van der Waals surface area contributed by atoms with E-state index < -0.39 is 6.10 Å². The molecule has 2 heterocycles. The molecule has 112 valence electrons. The van der Waals surface area contributed by atoms with Crippen LogP contribution >= 0.6 is 0 Å². The summed E-state index contributed by atoms with van der Waals surface area (Å²) in [5.74, 6) is 0.220. The molecule has 6 heteroatoms. The minimum absolute atomic E-state index is 0.0109. The van der Waals surface area contributed by atoms with Crippen LogP contribution in [0.4, 0.5) is 5.69 Å². The quantitative estimate of drug-likeness (QED) is 0.886. The Balaban J connectivity index is 1.87. The second-order valence-electron chi connectivity index (χ2n) is 5.42. The minimum Gasteiger partial charge on any atom is -0.508 e. The summed E-state index contributed by atoms with van der Waals surface area (Å²) >= 11 is 0. The Morgan fingerprint density at radius 1 is 1.38 bits per heavy atom. The smallest absolute Gasteiger partial charge is 0.268 e. The number of carbonyl (C=O) groups excluding carboxylic acids is 2. The van der Waals surface area contributed by atoms with Crippen LogP contribution < -0.4 is 9.64 Å². The molecule has 1 aromatic rings. The number of amides is 2. The third-order valence-electron chi connectivity index (χ3n) is 3.90. The summed E-state index contributed by atoms with van der Waals surface area (Å²) in [4.78, 5) is 27.8. The van der Waals surface area contributed by atoms with Crippen molar-refractivity contribution in [3.63, 3.8) is 0 Å². The van der Waals surface area contributed by atoms with Gasteiger partial charge in [0.05, 0.1) is 5.69 Å². The van der Waals surface area contributed by atoms with Crippen molar-refractivity contribution < 1.29 is 19.4 Å². The van der Waals surface area contributed by atoms with E-state index in [0.717, 1.165) is 25.9 Å². The Morgan fingerprint density at radius 2 is 2.10 bits per heavy atom. The molecule has 6 nitrogen and oxygen atoms in total. The van der Waals surface area contributed by atoms with Crippen LogP contribution in [-0.2, 0) is 9.59 Å². The summed E-state index contributed by atoms with van der Waals surface area (Å²) in [6, 6.07) is 4.57. The first-order valence-corrected chi connectivity index (χ1v) is 7.15. The minimum atomic E-state index is -0.631. The highest BCUT2D eigenvalue weighted by atomic mass is 16.5. The predicted octanol–water partition coefficient (Wildman–Crippen LogP) is 1.13. The van der Waals surface area contributed by atoms with Crippen LogP contribution in [-0.4, -0.2) is 47.6 Å². The highest BCUT2D eigenvalue weighted by molar-refractivity contribution is 6.03. The number of likely N-dealkylation sites (tertiary alicyclic amines) is 1. The number of rotatable bonds is 2. The van der Waals surface area contributed by atoms with Gasteiger partial charge in [0.25, 0.3) is 5.91 Å². The van der Waals surface area contributed by atoms with Crippen molar-refractivity contribution in [2.45, 2.75) is 25.9 Å². The van der Waals surface area contributed by atoms with Gasteiger partial charge in [-0.05, 0) is 31.9 Å². The van der Waals surface area contributed by atoms with E-state index in [9.17, 15) is 14.7 Å². The zero-order valence-electron chi connectivity index (χ0n) is 11.9. The first kappa shape index (κ1) is 13.7. The normalized spacial score (nSPS) is 21.2. The van der Waals surface area contributed by atoms with Crippen LogP contribution in [0.5, 0.6) is 11.5 Å². The van der Waals surface area contributed by atoms with Crippen molar-refractivity contribution in [3.05, 3.63) is 18.2 Å². The maximum Gasteiger partial charge on any atom is 0.268 e. The molecule has 1 atom stereocenters. The number of anilines is 1. The van der Waals surface area contributed by atoms with Gasteiger partial charge in [-0.3, -0.25) is 14.5 Å². The number of fused-ring (bicyclic) bond motifs is 1. The van der Waals surface area contributed by atoms with Gasteiger partial charge in [0.2, 0.25) is 5.91 Å². The molecule has 2 amide bonds. The van der Waals surface area contributed by atoms with Gasteiger partial charge in [0.15, 0.2) is 6.10 Å². The fourth-order valence-corrected chi connectivity index (χ4v) is 2.76. The van der Waals surface area contributed by atoms with Crippen molar-refractivity contribution in [2.75, 3.05) is 24.5 Å². The number of phenolic OH excluding ortho intramolecular Hbond substituents is 1. The number of aromatic hydroxyl groups is 1. The number of nitrogens with zero attached hydrogens (tertiary/aromatic N) is 2. The molecule has 0 spiro atoms. The molecule has 1 unspecified atom stereocenters. The Labute approximate surface area is 122 Å². The molecule has 3 rings (SSSR count). The number of ether oxygens (including phenoxy) is 1. The van der Waals surface area contributed by atoms with Crippen LogP contribution in [0.2, 0.25) is 0 Å². The van der Waals surface area contributed by atoms with E-state index in [4.69, 9.17) is 4.74 Å². The van der Waals surface area contributed by atoms with E-state index in [1.54, 1.807) is 17.9 Å². The molecule has 1 saturated heterocycles. The lowest BCUT2D eigenvalue weighted by molar-refractivity contribution is -0.132. The lowest BCUT2D eigenvalue weighted by atomic mass is 10.1. The third kappa shape index (κ3) is 2.53. The fraction of sp³-hybridized carbons (Fsp3) is 0.467. The molecule has 0 aromatic heterocycles. The molecule has 0 radical (unpaired) electrons.